The van der Waals surface area contributed by atoms with Gasteiger partial charge in [-0.1, -0.05) is 25.4 Å². The van der Waals surface area contributed by atoms with Crippen molar-refractivity contribution >= 4 is 17.4 Å². The van der Waals surface area contributed by atoms with Crippen LogP contribution in [0.4, 0.5) is 10.2 Å². The number of rotatable bonds is 3. The van der Waals surface area contributed by atoms with Crippen molar-refractivity contribution in [1.29, 1.82) is 0 Å². The van der Waals surface area contributed by atoms with Gasteiger partial charge in [-0.15, -0.1) is 0 Å². The van der Waals surface area contributed by atoms with Gasteiger partial charge >= 0.3 is 0 Å². The van der Waals surface area contributed by atoms with Gasteiger partial charge in [0.1, 0.15) is 17.5 Å². The molecule has 5 heteroatoms. The van der Waals surface area contributed by atoms with Crippen molar-refractivity contribution in [3.05, 3.63) is 40.4 Å². The van der Waals surface area contributed by atoms with Crippen LogP contribution in [0, 0.1) is 12.7 Å². The van der Waals surface area contributed by atoms with Gasteiger partial charge in [0.15, 0.2) is 0 Å². The quantitative estimate of drug-likeness (QED) is 0.911. The number of halogens is 2. The van der Waals surface area contributed by atoms with E-state index in [2.05, 4.69) is 15.3 Å². The minimum atomic E-state index is -0.358. The molecule has 0 aliphatic rings. The predicted octanol–water partition coefficient (Wildman–Crippen LogP) is 4.41. The van der Waals surface area contributed by atoms with Crippen molar-refractivity contribution < 1.29 is 4.39 Å². The molecule has 2 aromatic rings. The van der Waals surface area contributed by atoms with Gasteiger partial charge in [-0.3, -0.25) is 0 Å². The molecule has 1 heterocycles. The van der Waals surface area contributed by atoms with Crippen molar-refractivity contribution in [2.45, 2.75) is 26.7 Å². The molecule has 1 aromatic heterocycles. The standard InChI is InChI=1S/C15H17ClFN3/c1-8(2)14-19-13(9(3)15(18-4)20-14)11-6-5-10(17)7-12(11)16/h5-8H,1-4H3,(H,18,19,20). The first-order chi connectivity index (χ1) is 9.43. The summed E-state index contributed by atoms with van der Waals surface area (Å²) >= 11 is 6.14. The number of anilines is 1. The molecule has 0 spiro atoms. The van der Waals surface area contributed by atoms with Gasteiger partial charge in [-0.2, -0.15) is 0 Å². The number of hydrogen-bond acceptors (Lipinski definition) is 3. The van der Waals surface area contributed by atoms with Crippen molar-refractivity contribution in [3.63, 3.8) is 0 Å². The van der Waals surface area contributed by atoms with E-state index in [-0.39, 0.29) is 11.7 Å². The van der Waals surface area contributed by atoms with E-state index >= 15 is 0 Å². The van der Waals surface area contributed by atoms with Crippen LogP contribution < -0.4 is 5.32 Å². The minimum absolute atomic E-state index is 0.195. The summed E-state index contributed by atoms with van der Waals surface area (Å²) in [4.78, 5) is 9.07. The maximum Gasteiger partial charge on any atom is 0.133 e. The molecule has 2 rings (SSSR count). The molecule has 0 saturated heterocycles. The Bertz CT molecular complexity index is 641. The first-order valence-electron chi connectivity index (χ1n) is 6.45. The molecule has 0 unspecified atom stereocenters. The molecule has 0 aliphatic heterocycles. The second-order valence-corrected chi connectivity index (χ2v) is 5.34. The molecule has 0 amide bonds. The maximum atomic E-state index is 13.2. The lowest BCUT2D eigenvalue weighted by atomic mass is 10.1. The smallest absolute Gasteiger partial charge is 0.133 e. The highest BCUT2D eigenvalue weighted by atomic mass is 35.5. The lowest BCUT2D eigenvalue weighted by Crippen LogP contribution is -2.06. The average Bonchev–Trinajstić information content (AvgIpc) is 2.39. The Kier molecular flexibility index (Phi) is 4.23. The van der Waals surface area contributed by atoms with Crippen LogP contribution in [0.3, 0.4) is 0 Å². The fraction of sp³-hybridized carbons (Fsp3) is 0.333. The Morgan fingerprint density at radius 1 is 1.25 bits per heavy atom. The normalized spacial score (nSPS) is 10.9. The molecule has 0 saturated carbocycles. The lowest BCUT2D eigenvalue weighted by Gasteiger charge is -2.14. The molecule has 1 aromatic carbocycles. The number of aromatic nitrogens is 2. The minimum Gasteiger partial charge on any atom is -0.373 e. The summed E-state index contributed by atoms with van der Waals surface area (Å²) in [6, 6.07) is 4.33. The van der Waals surface area contributed by atoms with E-state index in [9.17, 15) is 4.39 Å². The third kappa shape index (κ3) is 2.75. The highest BCUT2D eigenvalue weighted by molar-refractivity contribution is 6.33. The van der Waals surface area contributed by atoms with Gasteiger partial charge in [-0.05, 0) is 25.1 Å². The summed E-state index contributed by atoms with van der Waals surface area (Å²) in [5.74, 6) is 1.33. The van der Waals surface area contributed by atoms with Gasteiger partial charge in [0, 0.05) is 24.1 Å². The van der Waals surface area contributed by atoms with E-state index < -0.39 is 0 Å². The van der Waals surface area contributed by atoms with E-state index in [0.717, 1.165) is 22.9 Å². The van der Waals surface area contributed by atoms with Crippen LogP contribution in [-0.2, 0) is 0 Å². The monoisotopic (exact) mass is 293 g/mol. The molecule has 3 nitrogen and oxygen atoms in total. The Hall–Kier alpha value is -1.68. The van der Waals surface area contributed by atoms with Crippen LogP contribution >= 0.6 is 11.6 Å². The third-order valence-electron chi connectivity index (χ3n) is 3.10. The highest BCUT2D eigenvalue weighted by Gasteiger charge is 2.16. The largest absolute Gasteiger partial charge is 0.373 e. The molecular formula is C15H17ClFN3. The van der Waals surface area contributed by atoms with E-state index in [1.165, 1.54) is 12.1 Å². The molecule has 0 atom stereocenters. The van der Waals surface area contributed by atoms with Gasteiger partial charge < -0.3 is 5.32 Å². The second kappa shape index (κ2) is 5.75. The first kappa shape index (κ1) is 14.7. The van der Waals surface area contributed by atoms with Crippen LogP contribution in [0.5, 0.6) is 0 Å². The average molecular weight is 294 g/mol. The summed E-state index contributed by atoms with van der Waals surface area (Å²) in [5, 5.41) is 3.41. The van der Waals surface area contributed by atoms with Crippen LogP contribution in [0.1, 0.15) is 31.2 Å². The summed E-state index contributed by atoms with van der Waals surface area (Å²) < 4.78 is 13.2. The fourth-order valence-electron chi connectivity index (χ4n) is 1.98. The Morgan fingerprint density at radius 3 is 2.50 bits per heavy atom. The van der Waals surface area contributed by atoms with Gasteiger partial charge in [0.25, 0.3) is 0 Å². The summed E-state index contributed by atoms with van der Waals surface area (Å²) in [6.45, 7) is 5.98. The number of hydrogen-bond donors (Lipinski definition) is 1. The van der Waals surface area contributed by atoms with Crippen molar-refractivity contribution in [1.82, 2.24) is 9.97 Å². The molecule has 20 heavy (non-hydrogen) atoms. The Morgan fingerprint density at radius 2 is 1.95 bits per heavy atom. The van der Waals surface area contributed by atoms with Gasteiger partial charge in [-0.25, -0.2) is 14.4 Å². The van der Waals surface area contributed by atoms with Crippen LogP contribution in [-0.4, -0.2) is 17.0 Å². The summed E-state index contributed by atoms with van der Waals surface area (Å²) in [7, 11) is 1.81. The lowest BCUT2D eigenvalue weighted by molar-refractivity contribution is 0.628. The van der Waals surface area contributed by atoms with Crippen molar-refractivity contribution in [2.24, 2.45) is 0 Å². The predicted molar refractivity (Wildman–Crippen MR) is 80.8 cm³/mol. The number of benzene rings is 1. The summed E-state index contributed by atoms with van der Waals surface area (Å²) in [6.07, 6.45) is 0. The zero-order valence-electron chi connectivity index (χ0n) is 12.0. The van der Waals surface area contributed by atoms with Gasteiger partial charge in [0.05, 0.1) is 10.7 Å². The fourth-order valence-corrected chi connectivity index (χ4v) is 2.24. The molecule has 0 radical (unpaired) electrons. The van der Waals surface area contributed by atoms with Crippen LogP contribution in [0.2, 0.25) is 5.02 Å². The molecule has 0 fully saturated rings. The van der Waals surface area contributed by atoms with E-state index in [1.807, 2.05) is 27.8 Å². The van der Waals surface area contributed by atoms with E-state index in [1.54, 1.807) is 6.07 Å². The van der Waals surface area contributed by atoms with Crippen LogP contribution in [0.15, 0.2) is 18.2 Å². The van der Waals surface area contributed by atoms with E-state index in [0.29, 0.717) is 10.6 Å². The summed E-state index contributed by atoms with van der Waals surface area (Å²) in [5.41, 5.74) is 2.34. The second-order valence-electron chi connectivity index (χ2n) is 4.93. The molecule has 0 aliphatic carbocycles. The highest BCUT2D eigenvalue weighted by Crippen LogP contribution is 2.32. The Balaban J connectivity index is 2.68. The molecule has 0 bridgehead atoms. The van der Waals surface area contributed by atoms with E-state index in [4.69, 9.17) is 11.6 Å². The molecular weight excluding hydrogens is 277 g/mol. The maximum absolute atomic E-state index is 13.2. The van der Waals surface area contributed by atoms with Crippen LogP contribution in [0.25, 0.3) is 11.3 Å². The first-order valence-corrected chi connectivity index (χ1v) is 6.83. The zero-order chi connectivity index (χ0) is 14.9. The Labute approximate surface area is 123 Å². The van der Waals surface area contributed by atoms with Gasteiger partial charge in [0.2, 0.25) is 0 Å². The van der Waals surface area contributed by atoms with Crippen molar-refractivity contribution in [2.75, 3.05) is 12.4 Å². The SMILES string of the molecule is CNc1nc(C(C)C)nc(-c2ccc(F)cc2Cl)c1C. The number of nitrogens with one attached hydrogen (secondary N) is 1. The zero-order valence-corrected chi connectivity index (χ0v) is 12.7. The van der Waals surface area contributed by atoms with Crippen molar-refractivity contribution in [3.8, 4) is 11.3 Å². The third-order valence-corrected chi connectivity index (χ3v) is 3.42. The molecule has 1 N–H and O–H groups in total. The number of nitrogens with zero attached hydrogens (tertiary/aromatic N) is 2. The molecule has 106 valence electrons. The topological polar surface area (TPSA) is 37.8 Å².